The molecule has 9 heteroatoms. The van der Waals surface area contributed by atoms with Gasteiger partial charge in [-0.3, -0.25) is 4.79 Å². The Kier molecular flexibility index (Phi) is 6.23. The van der Waals surface area contributed by atoms with Gasteiger partial charge < -0.3 is 34.3 Å². The van der Waals surface area contributed by atoms with E-state index in [1.165, 1.54) is 6.92 Å². The molecule has 2 saturated heterocycles. The molecule has 0 spiro atoms. The molecule has 3 N–H and O–H groups in total. The molecule has 0 aromatic rings. The van der Waals surface area contributed by atoms with Crippen molar-refractivity contribution >= 4 is 11.9 Å². The molecule has 10 atom stereocenters. The number of aliphatic hydroxyl groups is 3. The molecule has 0 aromatic heterocycles. The Morgan fingerprint density at radius 2 is 1.91 bits per heavy atom. The Labute approximate surface area is 187 Å². The second-order valence-electron chi connectivity index (χ2n) is 9.67. The fourth-order valence-electron chi connectivity index (χ4n) is 5.75. The van der Waals surface area contributed by atoms with Crippen LogP contribution < -0.4 is 0 Å². The fraction of sp³-hybridized carbons (Fsp3) is 0.739. The molecule has 2 aliphatic carbocycles. The SMILES string of the molecule is C=C1C[C@H]2OC(=O)C(=C)[C@@H]2C[C@@H]2[C@@H]1CC[C@@]2(C)O[C@@H]1O[C@H](COC(C)=O)[C@@H](O)[C@H](O)[C@H]1O. The van der Waals surface area contributed by atoms with Gasteiger partial charge in [0.2, 0.25) is 0 Å². The van der Waals surface area contributed by atoms with Gasteiger partial charge in [0.05, 0.1) is 5.60 Å². The van der Waals surface area contributed by atoms with Crippen molar-refractivity contribution in [3.05, 3.63) is 24.3 Å². The zero-order valence-corrected chi connectivity index (χ0v) is 18.4. The molecular formula is C23H32O9. The number of ether oxygens (including phenoxy) is 4. The van der Waals surface area contributed by atoms with Crippen LogP contribution in [0.25, 0.3) is 0 Å². The molecule has 4 rings (SSSR count). The van der Waals surface area contributed by atoms with E-state index in [4.69, 9.17) is 18.9 Å². The number of hydrogen-bond donors (Lipinski definition) is 3. The van der Waals surface area contributed by atoms with Crippen molar-refractivity contribution in [2.75, 3.05) is 6.61 Å². The van der Waals surface area contributed by atoms with Crippen LogP contribution in [0.3, 0.4) is 0 Å². The Hall–Kier alpha value is -1.78. The number of carbonyl (C=O) groups excluding carboxylic acids is 2. The van der Waals surface area contributed by atoms with Gasteiger partial charge in [0, 0.05) is 24.8 Å². The second-order valence-corrected chi connectivity index (χ2v) is 9.67. The zero-order valence-electron chi connectivity index (χ0n) is 18.4. The summed E-state index contributed by atoms with van der Waals surface area (Å²) in [5.41, 5.74) is 0.728. The van der Waals surface area contributed by atoms with Crippen LogP contribution in [-0.2, 0) is 28.5 Å². The van der Waals surface area contributed by atoms with Gasteiger partial charge in [-0.2, -0.15) is 0 Å². The maximum absolute atomic E-state index is 12.1. The molecule has 2 aliphatic heterocycles. The smallest absolute Gasteiger partial charge is 0.334 e. The van der Waals surface area contributed by atoms with Crippen LogP contribution in [0.5, 0.6) is 0 Å². The van der Waals surface area contributed by atoms with E-state index in [-0.39, 0.29) is 36.4 Å². The van der Waals surface area contributed by atoms with Crippen molar-refractivity contribution < 1.29 is 43.9 Å². The third kappa shape index (κ3) is 4.01. The topological polar surface area (TPSA) is 132 Å². The first-order valence-electron chi connectivity index (χ1n) is 11.1. The zero-order chi connectivity index (χ0) is 23.4. The maximum Gasteiger partial charge on any atom is 0.334 e. The third-order valence-corrected chi connectivity index (χ3v) is 7.64. The molecule has 4 fully saturated rings. The first-order chi connectivity index (χ1) is 15.0. The summed E-state index contributed by atoms with van der Waals surface area (Å²) in [4.78, 5) is 23.2. The predicted molar refractivity (Wildman–Crippen MR) is 110 cm³/mol. The van der Waals surface area contributed by atoms with E-state index >= 15 is 0 Å². The molecule has 4 aliphatic rings. The largest absolute Gasteiger partial charge is 0.463 e. The van der Waals surface area contributed by atoms with E-state index in [1.54, 1.807) is 0 Å². The Morgan fingerprint density at radius 1 is 1.19 bits per heavy atom. The van der Waals surface area contributed by atoms with Crippen LogP contribution in [-0.4, -0.2) is 76.3 Å². The van der Waals surface area contributed by atoms with Crippen LogP contribution in [0.4, 0.5) is 0 Å². The van der Waals surface area contributed by atoms with Crippen LogP contribution in [0.2, 0.25) is 0 Å². The summed E-state index contributed by atoms with van der Waals surface area (Å²) in [6, 6.07) is 0. The highest BCUT2D eigenvalue weighted by molar-refractivity contribution is 5.90. The van der Waals surface area contributed by atoms with Gasteiger partial charge in [0.15, 0.2) is 6.29 Å². The Bertz CT molecular complexity index is 809. The fourth-order valence-corrected chi connectivity index (χ4v) is 5.75. The van der Waals surface area contributed by atoms with Gasteiger partial charge in [-0.1, -0.05) is 18.7 Å². The van der Waals surface area contributed by atoms with Crippen molar-refractivity contribution in [1.82, 2.24) is 0 Å². The van der Waals surface area contributed by atoms with Crippen molar-refractivity contribution in [3.63, 3.8) is 0 Å². The summed E-state index contributed by atoms with van der Waals surface area (Å²) < 4.78 is 22.5. The summed E-state index contributed by atoms with van der Waals surface area (Å²) in [6.45, 7) is 11.1. The normalized spacial score (nSPS) is 46.3. The van der Waals surface area contributed by atoms with Crippen molar-refractivity contribution in [2.45, 2.75) is 81.9 Å². The molecule has 0 radical (unpaired) electrons. The van der Waals surface area contributed by atoms with Gasteiger partial charge in [0.25, 0.3) is 0 Å². The Balaban J connectivity index is 1.53. The maximum atomic E-state index is 12.1. The number of esters is 2. The van der Waals surface area contributed by atoms with Crippen molar-refractivity contribution in [3.8, 4) is 0 Å². The third-order valence-electron chi connectivity index (χ3n) is 7.64. The van der Waals surface area contributed by atoms with Crippen LogP contribution >= 0.6 is 0 Å². The lowest BCUT2D eigenvalue weighted by Gasteiger charge is -2.44. The van der Waals surface area contributed by atoms with Crippen molar-refractivity contribution in [2.24, 2.45) is 17.8 Å². The molecule has 2 saturated carbocycles. The number of carbonyl (C=O) groups is 2. The minimum absolute atomic E-state index is 0.0250. The summed E-state index contributed by atoms with van der Waals surface area (Å²) in [6.07, 6.45) is -4.27. The molecule has 0 bridgehead atoms. The molecule has 0 unspecified atom stereocenters. The van der Waals surface area contributed by atoms with Gasteiger partial charge in [0.1, 0.15) is 37.1 Å². The van der Waals surface area contributed by atoms with Crippen molar-refractivity contribution in [1.29, 1.82) is 0 Å². The summed E-state index contributed by atoms with van der Waals surface area (Å²) in [7, 11) is 0. The molecule has 2 heterocycles. The number of fused-ring (bicyclic) bond motifs is 2. The van der Waals surface area contributed by atoms with Gasteiger partial charge >= 0.3 is 11.9 Å². The minimum atomic E-state index is -1.52. The molecule has 9 nitrogen and oxygen atoms in total. The summed E-state index contributed by atoms with van der Waals surface area (Å²) in [5.74, 6) is -0.919. The van der Waals surface area contributed by atoms with Crippen LogP contribution in [0.1, 0.15) is 39.5 Å². The van der Waals surface area contributed by atoms with Crippen LogP contribution in [0.15, 0.2) is 24.3 Å². The lowest BCUT2D eigenvalue weighted by molar-refractivity contribution is -0.329. The predicted octanol–water partition coefficient (Wildman–Crippen LogP) is 0.606. The second kappa shape index (κ2) is 8.53. The quantitative estimate of drug-likeness (QED) is 0.319. The first kappa shape index (κ1) is 23.4. The number of rotatable bonds is 4. The van der Waals surface area contributed by atoms with E-state index < -0.39 is 42.3 Å². The molecule has 0 amide bonds. The minimum Gasteiger partial charge on any atom is -0.463 e. The van der Waals surface area contributed by atoms with E-state index in [2.05, 4.69) is 13.2 Å². The van der Waals surface area contributed by atoms with E-state index in [0.717, 1.165) is 12.0 Å². The molecular weight excluding hydrogens is 420 g/mol. The van der Waals surface area contributed by atoms with Gasteiger partial charge in [-0.25, -0.2) is 4.79 Å². The molecule has 32 heavy (non-hydrogen) atoms. The number of hydrogen-bond acceptors (Lipinski definition) is 9. The Morgan fingerprint density at radius 3 is 2.59 bits per heavy atom. The monoisotopic (exact) mass is 452 g/mol. The summed E-state index contributed by atoms with van der Waals surface area (Å²) >= 11 is 0. The van der Waals surface area contributed by atoms with Gasteiger partial charge in [-0.15, -0.1) is 0 Å². The number of aliphatic hydroxyl groups excluding tert-OH is 3. The molecule has 0 aromatic carbocycles. The van der Waals surface area contributed by atoms with E-state index in [9.17, 15) is 24.9 Å². The first-order valence-corrected chi connectivity index (χ1v) is 11.1. The average Bonchev–Trinajstić information content (AvgIpc) is 3.13. The lowest BCUT2D eigenvalue weighted by Crippen LogP contribution is -2.61. The van der Waals surface area contributed by atoms with E-state index in [1.807, 2.05) is 6.92 Å². The summed E-state index contributed by atoms with van der Waals surface area (Å²) in [5, 5.41) is 31.1. The van der Waals surface area contributed by atoms with E-state index in [0.29, 0.717) is 24.8 Å². The average molecular weight is 453 g/mol. The van der Waals surface area contributed by atoms with Crippen LogP contribution in [0, 0.1) is 17.8 Å². The highest BCUT2D eigenvalue weighted by Crippen LogP contribution is 2.54. The lowest BCUT2D eigenvalue weighted by atomic mass is 9.78. The van der Waals surface area contributed by atoms with Gasteiger partial charge in [-0.05, 0) is 38.0 Å². The standard InChI is InChI=1S/C23H32O9/c1-10-7-16-14(11(2)21(28)30-16)8-15-13(10)5-6-23(15,4)32-22-20(27)19(26)18(25)17(31-22)9-29-12(3)24/h13-20,22,25-27H,1-2,5-9H2,3-4H3/t13-,14+,15-,16-,17-,18-,19+,20-,22+,23-/m1/s1. The highest BCUT2D eigenvalue weighted by Gasteiger charge is 2.56. The highest BCUT2D eigenvalue weighted by atomic mass is 16.7. The molecule has 178 valence electrons.